The molecule has 0 aliphatic heterocycles. The van der Waals surface area contributed by atoms with E-state index in [1.54, 1.807) is 0 Å². The first-order valence-electron chi connectivity index (χ1n) is 18.7. The van der Waals surface area contributed by atoms with Crippen LogP contribution in [0.1, 0.15) is 25.0 Å². The van der Waals surface area contributed by atoms with E-state index in [0.29, 0.717) is 0 Å². The van der Waals surface area contributed by atoms with Gasteiger partial charge in [0.1, 0.15) is 0 Å². The van der Waals surface area contributed by atoms with E-state index in [0.717, 1.165) is 0 Å². The Balaban J connectivity index is 1.14. The number of benzene rings is 10. The lowest BCUT2D eigenvalue weighted by Crippen LogP contribution is -2.15. The fraction of sp³-hybridized carbons (Fsp3) is 0.0566. The molecule has 53 heavy (non-hydrogen) atoms. The minimum absolute atomic E-state index is 0.0839. The van der Waals surface area contributed by atoms with Gasteiger partial charge in [-0.05, 0) is 128 Å². The molecule has 0 unspecified atom stereocenters. The van der Waals surface area contributed by atoms with E-state index >= 15 is 0 Å². The molecule has 0 saturated carbocycles. The Morgan fingerprint density at radius 3 is 1.51 bits per heavy atom. The van der Waals surface area contributed by atoms with Crippen molar-refractivity contribution in [1.29, 1.82) is 0 Å². The van der Waals surface area contributed by atoms with Crippen molar-refractivity contribution < 1.29 is 0 Å². The monoisotopic (exact) mass is 672 g/mol. The molecule has 0 bridgehead atoms. The summed E-state index contributed by atoms with van der Waals surface area (Å²) in [4.78, 5) is 0. The standard InChI is InChI=1S/C53H36/c1-53(2)49-29-27-37(32-48(49)46-28-26-33-14-3-6-19-39(33)52(46)53)51-44-24-11-9-22-42(44)50(43-23-10-12-25-45(43)51)36-17-13-16-34(30-36)47-31-35-15-4-5-18-38(35)40-20-7-8-21-41(40)47/h3-32H,1-2H3. The van der Waals surface area contributed by atoms with E-state index in [4.69, 9.17) is 0 Å². The molecule has 1 aliphatic carbocycles. The zero-order chi connectivity index (χ0) is 35.3. The summed E-state index contributed by atoms with van der Waals surface area (Å²) in [7, 11) is 0. The summed E-state index contributed by atoms with van der Waals surface area (Å²) < 4.78 is 0. The molecule has 0 nitrogen and oxygen atoms in total. The van der Waals surface area contributed by atoms with Crippen molar-refractivity contribution >= 4 is 53.9 Å². The Labute approximate surface area is 309 Å². The number of hydrogen-bond acceptors (Lipinski definition) is 0. The predicted octanol–water partition coefficient (Wildman–Crippen LogP) is 14.8. The van der Waals surface area contributed by atoms with E-state index in [9.17, 15) is 0 Å². The van der Waals surface area contributed by atoms with Crippen LogP contribution in [0, 0.1) is 0 Å². The van der Waals surface area contributed by atoms with Crippen LogP contribution >= 0.6 is 0 Å². The van der Waals surface area contributed by atoms with E-state index in [-0.39, 0.29) is 5.41 Å². The van der Waals surface area contributed by atoms with Crippen LogP contribution in [0.5, 0.6) is 0 Å². The highest BCUT2D eigenvalue weighted by Crippen LogP contribution is 2.53. The van der Waals surface area contributed by atoms with Crippen molar-refractivity contribution in [1.82, 2.24) is 0 Å². The highest BCUT2D eigenvalue weighted by Gasteiger charge is 2.37. The maximum absolute atomic E-state index is 2.47. The Kier molecular flexibility index (Phi) is 6.40. The summed E-state index contributed by atoms with van der Waals surface area (Å²) in [5.41, 5.74) is 13.0. The van der Waals surface area contributed by atoms with Gasteiger partial charge < -0.3 is 0 Å². The van der Waals surface area contributed by atoms with Gasteiger partial charge in [0.2, 0.25) is 0 Å². The summed E-state index contributed by atoms with van der Waals surface area (Å²) in [6, 6.07) is 67.9. The Morgan fingerprint density at radius 2 is 0.830 bits per heavy atom. The molecule has 0 radical (unpaired) electrons. The van der Waals surface area contributed by atoms with Gasteiger partial charge in [-0.3, -0.25) is 0 Å². The van der Waals surface area contributed by atoms with Gasteiger partial charge >= 0.3 is 0 Å². The van der Waals surface area contributed by atoms with Gasteiger partial charge in [0.15, 0.2) is 0 Å². The van der Waals surface area contributed by atoms with E-state index in [1.165, 1.54) is 109 Å². The Morgan fingerprint density at radius 1 is 0.302 bits per heavy atom. The Hall–Kier alpha value is -6.50. The average molecular weight is 673 g/mol. The van der Waals surface area contributed by atoms with Crippen molar-refractivity contribution in [2.45, 2.75) is 19.3 Å². The van der Waals surface area contributed by atoms with Crippen LogP contribution < -0.4 is 0 Å². The molecule has 248 valence electrons. The predicted molar refractivity (Wildman–Crippen MR) is 228 cm³/mol. The first kappa shape index (κ1) is 30.2. The third kappa shape index (κ3) is 4.36. The molecule has 0 saturated heterocycles. The smallest absolute Gasteiger partial charge is 0.0165 e. The summed E-state index contributed by atoms with van der Waals surface area (Å²) >= 11 is 0. The van der Waals surface area contributed by atoms with Gasteiger partial charge in [-0.2, -0.15) is 0 Å². The topological polar surface area (TPSA) is 0 Å². The maximum atomic E-state index is 2.47. The van der Waals surface area contributed by atoms with Gasteiger partial charge in [-0.1, -0.05) is 178 Å². The molecule has 0 N–H and O–H groups in total. The molecule has 0 atom stereocenters. The fourth-order valence-corrected chi connectivity index (χ4v) is 9.66. The first-order chi connectivity index (χ1) is 26.1. The minimum Gasteiger partial charge on any atom is -0.0616 e. The third-order valence-corrected chi connectivity index (χ3v) is 12.0. The zero-order valence-electron chi connectivity index (χ0n) is 29.8. The normalized spacial score (nSPS) is 13.2. The van der Waals surface area contributed by atoms with Crippen molar-refractivity contribution in [3.05, 3.63) is 193 Å². The molecule has 0 fully saturated rings. The Bertz CT molecular complexity index is 3080. The second kappa shape index (κ2) is 11.2. The van der Waals surface area contributed by atoms with Crippen molar-refractivity contribution in [2.24, 2.45) is 0 Å². The highest BCUT2D eigenvalue weighted by atomic mass is 14.4. The molecule has 0 amide bonds. The second-order valence-electron chi connectivity index (χ2n) is 15.2. The lowest BCUT2D eigenvalue weighted by atomic mass is 9.80. The molecule has 0 spiro atoms. The summed E-state index contributed by atoms with van der Waals surface area (Å²) in [6.45, 7) is 4.77. The van der Waals surface area contributed by atoms with Crippen molar-refractivity contribution in [3.63, 3.8) is 0 Å². The SMILES string of the molecule is CC1(C)c2ccc(-c3c4ccccc4c(-c4cccc(-c5cc6ccccc6c6ccccc56)c4)c4ccccc34)cc2-c2ccc3ccccc3c21. The molecule has 0 aromatic heterocycles. The van der Waals surface area contributed by atoms with E-state index < -0.39 is 0 Å². The average Bonchev–Trinajstić information content (AvgIpc) is 3.45. The van der Waals surface area contributed by atoms with Crippen molar-refractivity contribution in [3.8, 4) is 44.5 Å². The molecular formula is C53H36. The van der Waals surface area contributed by atoms with Gasteiger partial charge in [-0.15, -0.1) is 0 Å². The summed E-state index contributed by atoms with van der Waals surface area (Å²) in [5.74, 6) is 0. The van der Waals surface area contributed by atoms with Crippen LogP contribution in [0.25, 0.3) is 98.4 Å². The second-order valence-corrected chi connectivity index (χ2v) is 15.2. The van der Waals surface area contributed by atoms with Crippen LogP contribution in [0.4, 0.5) is 0 Å². The van der Waals surface area contributed by atoms with E-state index in [1.807, 2.05) is 0 Å². The molecular weight excluding hydrogens is 637 g/mol. The minimum atomic E-state index is -0.0839. The third-order valence-electron chi connectivity index (χ3n) is 12.0. The van der Waals surface area contributed by atoms with E-state index in [2.05, 4.69) is 196 Å². The quantitative estimate of drug-likeness (QED) is 0.129. The lowest BCUT2D eigenvalue weighted by molar-refractivity contribution is 0.666. The molecule has 0 heterocycles. The van der Waals surface area contributed by atoms with Gasteiger partial charge in [0.05, 0.1) is 0 Å². The van der Waals surface area contributed by atoms with Gasteiger partial charge in [0.25, 0.3) is 0 Å². The van der Waals surface area contributed by atoms with Crippen LogP contribution in [0.15, 0.2) is 182 Å². The number of hydrogen-bond donors (Lipinski definition) is 0. The van der Waals surface area contributed by atoms with Gasteiger partial charge in [-0.25, -0.2) is 0 Å². The number of rotatable bonds is 3. The molecule has 1 aliphatic rings. The molecule has 10 aromatic carbocycles. The fourth-order valence-electron chi connectivity index (χ4n) is 9.66. The summed E-state index contributed by atoms with van der Waals surface area (Å²) in [5, 5.41) is 12.9. The summed E-state index contributed by atoms with van der Waals surface area (Å²) in [6.07, 6.45) is 0. The van der Waals surface area contributed by atoms with Crippen LogP contribution in [-0.2, 0) is 5.41 Å². The number of fused-ring (bicyclic) bond motifs is 10. The lowest BCUT2D eigenvalue weighted by Gasteiger charge is -2.23. The van der Waals surface area contributed by atoms with Crippen LogP contribution in [-0.4, -0.2) is 0 Å². The maximum Gasteiger partial charge on any atom is 0.0165 e. The van der Waals surface area contributed by atoms with Crippen molar-refractivity contribution in [2.75, 3.05) is 0 Å². The first-order valence-corrected chi connectivity index (χ1v) is 18.7. The molecule has 10 aromatic rings. The molecule has 0 heteroatoms. The van der Waals surface area contributed by atoms with Gasteiger partial charge in [0, 0.05) is 5.41 Å². The molecule has 11 rings (SSSR count). The zero-order valence-corrected chi connectivity index (χ0v) is 29.8. The highest BCUT2D eigenvalue weighted by molar-refractivity contribution is 6.22. The largest absolute Gasteiger partial charge is 0.0616 e. The van der Waals surface area contributed by atoms with Crippen LogP contribution in [0.2, 0.25) is 0 Å². The van der Waals surface area contributed by atoms with Crippen LogP contribution in [0.3, 0.4) is 0 Å².